The van der Waals surface area contributed by atoms with E-state index in [9.17, 15) is 0 Å². The fourth-order valence-corrected chi connectivity index (χ4v) is 3.69. The highest BCUT2D eigenvalue weighted by molar-refractivity contribution is 7.15. The molecule has 0 fully saturated rings. The van der Waals surface area contributed by atoms with E-state index in [0.717, 1.165) is 30.3 Å². The van der Waals surface area contributed by atoms with Crippen LogP contribution in [0.1, 0.15) is 16.1 Å². The Morgan fingerprint density at radius 2 is 2.25 bits per heavy atom. The van der Waals surface area contributed by atoms with Crippen LogP contribution in [-0.4, -0.2) is 25.7 Å². The van der Waals surface area contributed by atoms with Crippen LogP contribution in [0.4, 0.5) is 10.8 Å². The molecule has 0 atom stereocenters. The standard InChI is InChI=1S/C15H19N3OS/c1-16-9-14-12(10-19-2)17-15(20-14)18-8-7-11-5-3-4-6-13(11)18/h3-6,16H,7-10H2,1-2H3. The van der Waals surface area contributed by atoms with Gasteiger partial charge in [0.1, 0.15) is 0 Å². The molecule has 20 heavy (non-hydrogen) atoms. The Bertz CT molecular complexity index is 573. The summed E-state index contributed by atoms with van der Waals surface area (Å²) in [6, 6.07) is 8.58. The van der Waals surface area contributed by atoms with Crippen LogP contribution in [0, 0.1) is 0 Å². The summed E-state index contributed by atoms with van der Waals surface area (Å²) in [6.45, 7) is 2.42. The van der Waals surface area contributed by atoms with Crippen LogP contribution in [0.5, 0.6) is 0 Å². The van der Waals surface area contributed by atoms with E-state index >= 15 is 0 Å². The largest absolute Gasteiger partial charge is 0.378 e. The first-order valence-electron chi connectivity index (χ1n) is 6.81. The number of methoxy groups -OCH3 is 1. The predicted molar refractivity (Wildman–Crippen MR) is 82.7 cm³/mol. The molecule has 2 heterocycles. The van der Waals surface area contributed by atoms with E-state index in [-0.39, 0.29) is 0 Å². The molecule has 5 heteroatoms. The van der Waals surface area contributed by atoms with E-state index in [1.807, 2.05) is 7.05 Å². The molecule has 1 aromatic heterocycles. The van der Waals surface area contributed by atoms with Crippen molar-refractivity contribution in [2.45, 2.75) is 19.6 Å². The molecular formula is C15H19N3OS. The van der Waals surface area contributed by atoms with Gasteiger partial charge in [0.2, 0.25) is 0 Å². The summed E-state index contributed by atoms with van der Waals surface area (Å²) in [6.07, 6.45) is 1.09. The van der Waals surface area contributed by atoms with Crippen molar-refractivity contribution in [2.75, 3.05) is 25.6 Å². The minimum Gasteiger partial charge on any atom is -0.378 e. The number of nitrogens with zero attached hydrogens (tertiary/aromatic N) is 2. The van der Waals surface area contributed by atoms with Crippen molar-refractivity contribution < 1.29 is 4.74 Å². The van der Waals surface area contributed by atoms with Crippen molar-refractivity contribution in [1.82, 2.24) is 10.3 Å². The third kappa shape index (κ3) is 2.44. The molecule has 0 radical (unpaired) electrons. The number of anilines is 2. The Labute approximate surface area is 123 Å². The number of aromatic nitrogens is 1. The summed E-state index contributed by atoms with van der Waals surface area (Å²) in [5, 5.41) is 4.28. The molecule has 0 saturated heterocycles. The molecule has 0 aliphatic carbocycles. The van der Waals surface area contributed by atoms with Crippen LogP contribution >= 0.6 is 11.3 Å². The van der Waals surface area contributed by atoms with Crippen molar-refractivity contribution >= 4 is 22.2 Å². The van der Waals surface area contributed by atoms with Gasteiger partial charge in [-0.1, -0.05) is 29.5 Å². The van der Waals surface area contributed by atoms with Gasteiger partial charge in [0.25, 0.3) is 0 Å². The Morgan fingerprint density at radius 1 is 1.40 bits per heavy atom. The second-order valence-electron chi connectivity index (χ2n) is 4.86. The van der Waals surface area contributed by atoms with E-state index in [1.165, 1.54) is 16.1 Å². The summed E-state index contributed by atoms with van der Waals surface area (Å²) in [4.78, 5) is 8.35. The number of hydrogen-bond acceptors (Lipinski definition) is 5. The molecule has 0 unspecified atom stereocenters. The smallest absolute Gasteiger partial charge is 0.190 e. The zero-order valence-electron chi connectivity index (χ0n) is 11.8. The van der Waals surface area contributed by atoms with Gasteiger partial charge in [-0.15, -0.1) is 0 Å². The van der Waals surface area contributed by atoms with Gasteiger partial charge in [-0.05, 0) is 25.1 Å². The lowest BCUT2D eigenvalue weighted by Crippen LogP contribution is -2.12. The Morgan fingerprint density at radius 3 is 3.05 bits per heavy atom. The molecule has 1 aliphatic heterocycles. The van der Waals surface area contributed by atoms with Gasteiger partial charge in [-0.2, -0.15) is 0 Å². The molecule has 0 bridgehead atoms. The monoisotopic (exact) mass is 289 g/mol. The number of ether oxygens (including phenoxy) is 1. The topological polar surface area (TPSA) is 37.4 Å². The molecule has 0 saturated carbocycles. The van der Waals surface area contributed by atoms with Crippen LogP contribution in [-0.2, 0) is 24.3 Å². The van der Waals surface area contributed by atoms with Crippen molar-refractivity contribution in [2.24, 2.45) is 0 Å². The van der Waals surface area contributed by atoms with Crippen molar-refractivity contribution in [3.63, 3.8) is 0 Å². The van der Waals surface area contributed by atoms with Gasteiger partial charge >= 0.3 is 0 Å². The third-order valence-electron chi connectivity index (χ3n) is 3.50. The minimum absolute atomic E-state index is 0.572. The maximum atomic E-state index is 5.26. The molecule has 4 nitrogen and oxygen atoms in total. The first-order chi connectivity index (χ1) is 9.83. The molecule has 0 amide bonds. The number of nitrogens with one attached hydrogen (secondary N) is 1. The van der Waals surface area contributed by atoms with Crippen molar-refractivity contribution in [3.8, 4) is 0 Å². The van der Waals surface area contributed by atoms with E-state index in [4.69, 9.17) is 9.72 Å². The van der Waals surface area contributed by atoms with E-state index in [1.54, 1.807) is 18.4 Å². The Hall–Kier alpha value is -1.43. The van der Waals surface area contributed by atoms with Crippen LogP contribution < -0.4 is 10.2 Å². The second kappa shape index (κ2) is 5.91. The summed E-state index contributed by atoms with van der Waals surface area (Å²) < 4.78 is 5.26. The summed E-state index contributed by atoms with van der Waals surface area (Å²) >= 11 is 1.76. The first-order valence-corrected chi connectivity index (χ1v) is 7.62. The second-order valence-corrected chi connectivity index (χ2v) is 5.92. The highest BCUT2D eigenvalue weighted by atomic mass is 32.1. The average Bonchev–Trinajstić information content (AvgIpc) is 3.04. The number of fused-ring (bicyclic) bond motifs is 1. The maximum absolute atomic E-state index is 5.26. The lowest BCUT2D eigenvalue weighted by Gasteiger charge is -2.15. The molecular weight excluding hydrogens is 270 g/mol. The van der Waals surface area contributed by atoms with Crippen molar-refractivity contribution in [3.05, 3.63) is 40.4 Å². The highest BCUT2D eigenvalue weighted by Gasteiger charge is 2.23. The first kappa shape index (κ1) is 13.5. The highest BCUT2D eigenvalue weighted by Crippen LogP contribution is 2.37. The number of hydrogen-bond donors (Lipinski definition) is 1. The summed E-state index contributed by atoms with van der Waals surface area (Å²) in [7, 11) is 3.68. The van der Waals surface area contributed by atoms with Gasteiger partial charge in [0.15, 0.2) is 5.13 Å². The molecule has 1 aromatic carbocycles. The van der Waals surface area contributed by atoms with Crippen molar-refractivity contribution in [1.29, 1.82) is 0 Å². The molecule has 1 N–H and O–H groups in total. The maximum Gasteiger partial charge on any atom is 0.190 e. The Balaban J connectivity index is 1.93. The zero-order valence-corrected chi connectivity index (χ0v) is 12.7. The Kier molecular flexibility index (Phi) is 4.00. The van der Waals surface area contributed by atoms with Crippen LogP contribution in [0.3, 0.4) is 0 Å². The van der Waals surface area contributed by atoms with Gasteiger partial charge in [0.05, 0.1) is 12.3 Å². The fraction of sp³-hybridized carbons (Fsp3) is 0.400. The lowest BCUT2D eigenvalue weighted by molar-refractivity contribution is 0.181. The van der Waals surface area contributed by atoms with Gasteiger partial charge in [-0.25, -0.2) is 4.98 Å². The molecule has 0 spiro atoms. The van der Waals surface area contributed by atoms with Crippen LogP contribution in [0.25, 0.3) is 0 Å². The predicted octanol–water partition coefficient (Wildman–Crippen LogP) is 2.70. The molecule has 3 rings (SSSR count). The van der Waals surface area contributed by atoms with Crippen LogP contribution in [0.15, 0.2) is 24.3 Å². The average molecular weight is 289 g/mol. The number of para-hydroxylation sites is 1. The van der Waals surface area contributed by atoms with E-state index in [2.05, 4.69) is 34.5 Å². The van der Waals surface area contributed by atoms with E-state index in [0.29, 0.717) is 6.61 Å². The normalized spacial score (nSPS) is 13.8. The number of thiazole rings is 1. The lowest BCUT2D eigenvalue weighted by atomic mass is 10.2. The third-order valence-corrected chi connectivity index (χ3v) is 4.62. The molecule has 2 aromatic rings. The van der Waals surface area contributed by atoms with Gasteiger partial charge in [0, 0.05) is 30.8 Å². The zero-order chi connectivity index (χ0) is 13.9. The molecule has 106 valence electrons. The van der Waals surface area contributed by atoms with Crippen LogP contribution in [0.2, 0.25) is 0 Å². The van der Waals surface area contributed by atoms with Gasteiger partial charge < -0.3 is 15.0 Å². The minimum atomic E-state index is 0.572. The van der Waals surface area contributed by atoms with Gasteiger partial charge in [-0.3, -0.25) is 0 Å². The summed E-state index contributed by atoms with van der Waals surface area (Å²) in [5.41, 5.74) is 3.75. The quantitative estimate of drug-likeness (QED) is 0.918. The fourth-order valence-electron chi connectivity index (χ4n) is 2.57. The SMILES string of the molecule is CNCc1sc(N2CCc3ccccc32)nc1COC. The summed E-state index contributed by atoms with van der Waals surface area (Å²) in [5.74, 6) is 0. The number of benzene rings is 1. The van der Waals surface area contributed by atoms with E-state index < -0.39 is 0 Å². The number of rotatable bonds is 5. The molecule has 1 aliphatic rings.